The maximum atomic E-state index is 11.4. The molecule has 2 aromatic heterocycles. The molecule has 0 radical (unpaired) electrons. The van der Waals surface area contributed by atoms with Gasteiger partial charge in [-0.2, -0.15) is 0 Å². The summed E-state index contributed by atoms with van der Waals surface area (Å²) in [5, 5.41) is 3.52. The molecule has 2 heterocycles. The fraction of sp³-hybridized carbons (Fsp3) is 0.0714. The van der Waals surface area contributed by atoms with Gasteiger partial charge in [0.1, 0.15) is 5.01 Å². The van der Waals surface area contributed by atoms with E-state index in [1.807, 2.05) is 30.3 Å². The van der Waals surface area contributed by atoms with Crippen molar-refractivity contribution in [3.63, 3.8) is 0 Å². The van der Waals surface area contributed by atoms with Crippen LogP contribution in [0, 0.1) is 0 Å². The third-order valence-corrected chi connectivity index (χ3v) is 3.65. The lowest BCUT2D eigenvalue weighted by molar-refractivity contribution is 0.0595. The van der Waals surface area contributed by atoms with Gasteiger partial charge in [-0.3, -0.25) is 4.98 Å². The van der Waals surface area contributed by atoms with Crippen LogP contribution in [0.5, 0.6) is 0 Å². The van der Waals surface area contributed by atoms with E-state index >= 15 is 0 Å². The van der Waals surface area contributed by atoms with Crippen molar-refractivity contribution in [2.45, 2.75) is 0 Å². The van der Waals surface area contributed by atoms with E-state index in [0.717, 1.165) is 21.5 Å². The van der Waals surface area contributed by atoms with Crippen LogP contribution < -0.4 is 0 Å². The van der Waals surface area contributed by atoms with Gasteiger partial charge in [-0.25, -0.2) is 9.78 Å². The number of carbonyl (C=O) groups excluding carboxylic acids is 1. The predicted molar refractivity (Wildman–Crippen MR) is 74.2 cm³/mol. The second kappa shape index (κ2) is 4.78. The molecule has 0 aliphatic heterocycles. The first-order valence-corrected chi connectivity index (χ1v) is 6.55. The number of benzene rings is 1. The van der Waals surface area contributed by atoms with Gasteiger partial charge in [-0.05, 0) is 12.1 Å². The van der Waals surface area contributed by atoms with E-state index in [0.29, 0.717) is 5.69 Å². The summed E-state index contributed by atoms with van der Waals surface area (Å²) >= 11 is 1.42. The van der Waals surface area contributed by atoms with Gasteiger partial charge in [0.2, 0.25) is 0 Å². The first-order valence-electron chi connectivity index (χ1n) is 5.67. The van der Waals surface area contributed by atoms with Crippen molar-refractivity contribution in [3.8, 4) is 10.6 Å². The zero-order chi connectivity index (χ0) is 13.2. The fourth-order valence-corrected chi connectivity index (χ4v) is 2.71. The zero-order valence-electron chi connectivity index (χ0n) is 10.2. The van der Waals surface area contributed by atoms with Crippen LogP contribution >= 0.6 is 11.3 Å². The number of aromatic nitrogens is 2. The molecule has 0 aliphatic rings. The standard InChI is InChI=1S/C14H10N2O2S/c1-18-14(17)12-8-19-13(16-12)10-6-7-15-11-5-3-2-4-9(10)11/h2-8H,1H3. The third-order valence-electron chi connectivity index (χ3n) is 2.78. The fourth-order valence-electron chi connectivity index (χ4n) is 1.88. The lowest BCUT2D eigenvalue weighted by Crippen LogP contribution is -2.00. The molecule has 3 aromatic rings. The van der Waals surface area contributed by atoms with Crippen molar-refractivity contribution in [3.05, 3.63) is 47.6 Å². The highest BCUT2D eigenvalue weighted by atomic mass is 32.1. The first kappa shape index (κ1) is 11.8. The molecule has 0 N–H and O–H groups in total. The maximum absolute atomic E-state index is 11.4. The molecule has 0 aliphatic carbocycles. The summed E-state index contributed by atoms with van der Waals surface area (Å²) in [5.41, 5.74) is 2.23. The minimum atomic E-state index is -0.416. The summed E-state index contributed by atoms with van der Waals surface area (Å²) < 4.78 is 4.67. The Labute approximate surface area is 113 Å². The number of hydrogen-bond acceptors (Lipinski definition) is 5. The van der Waals surface area contributed by atoms with Crippen LogP contribution in [0.25, 0.3) is 21.5 Å². The van der Waals surface area contributed by atoms with Crippen molar-refractivity contribution in [1.29, 1.82) is 0 Å². The zero-order valence-corrected chi connectivity index (χ0v) is 11.0. The van der Waals surface area contributed by atoms with E-state index < -0.39 is 5.97 Å². The largest absolute Gasteiger partial charge is 0.464 e. The topological polar surface area (TPSA) is 52.1 Å². The van der Waals surface area contributed by atoms with Crippen molar-refractivity contribution in [1.82, 2.24) is 9.97 Å². The van der Waals surface area contributed by atoms with Gasteiger partial charge in [-0.15, -0.1) is 11.3 Å². The number of pyridine rings is 1. The molecule has 19 heavy (non-hydrogen) atoms. The maximum Gasteiger partial charge on any atom is 0.357 e. The quantitative estimate of drug-likeness (QED) is 0.671. The summed E-state index contributed by atoms with van der Waals surface area (Å²) in [6, 6.07) is 9.76. The summed E-state index contributed by atoms with van der Waals surface area (Å²) in [5.74, 6) is -0.416. The molecule has 3 rings (SSSR count). The number of rotatable bonds is 2. The number of carbonyl (C=O) groups is 1. The second-order valence-corrected chi connectivity index (χ2v) is 4.76. The van der Waals surface area contributed by atoms with Crippen LogP contribution in [0.2, 0.25) is 0 Å². The normalized spacial score (nSPS) is 10.6. The van der Waals surface area contributed by atoms with Crippen LogP contribution in [0.1, 0.15) is 10.5 Å². The molecule has 0 unspecified atom stereocenters. The van der Waals surface area contributed by atoms with Gasteiger partial charge in [0.15, 0.2) is 5.69 Å². The molecule has 0 amide bonds. The number of nitrogens with zero attached hydrogens (tertiary/aromatic N) is 2. The average Bonchev–Trinajstić information content (AvgIpc) is 2.95. The Bertz CT molecular complexity index is 747. The Morgan fingerprint density at radius 2 is 2.11 bits per heavy atom. The number of methoxy groups -OCH3 is 1. The molecular weight excluding hydrogens is 260 g/mol. The lowest BCUT2D eigenvalue weighted by atomic mass is 10.1. The molecule has 0 fully saturated rings. The van der Waals surface area contributed by atoms with E-state index in [9.17, 15) is 4.79 Å². The molecule has 0 spiro atoms. The Morgan fingerprint density at radius 1 is 1.26 bits per heavy atom. The monoisotopic (exact) mass is 270 g/mol. The molecular formula is C14H10N2O2S. The number of thiazole rings is 1. The molecule has 5 heteroatoms. The van der Waals surface area contributed by atoms with E-state index in [4.69, 9.17) is 0 Å². The Morgan fingerprint density at radius 3 is 2.95 bits per heavy atom. The Kier molecular flexibility index (Phi) is 2.97. The first-order chi connectivity index (χ1) is 9.29. The number of esters is 1. The number of fused-ring (bicyclic) bond motifs is 1. The number of hydrogen-bond donors (Lipinski definition) is 0. The summed E-state index contributed by atoms with van der Waals surface area (Å²) in [7, 11) is 1.35. The van der Waals surface area contributed by atoms with E-state index in [-0.39, 0.29) is 0 Å². The van der Waals surface area contributed by atoms with Gasteiger partial charge in [0.05, 0.1) is 12.6 Å². The molecule has 94 valence electrons. The smallest absolute Gasteiger partial charge is 0.357 e. The van der Waals surface area contributed by atoms with Crippen LogP contribution in [0.4, 0.5) is 0 Å². The Hall–Kier alpha value is -2.27. The van der Waals surface area contributed by atoms with Crippen molar-refractivity contribution in [2.24, 2.45) is 0 Å². The second-order valence-electron chi connectivity index (χ2n) is 3.91. The summed E-state index contributed by atoms with van der Waals surface area (Å²) in [4.78, 5) is 20.1. The minimum absolute atomic E-state index is 0.336. The lowest BCUT2D eigenvalue weighted by Gasteiger charge is -2.02. The van der Waals surface area contributed by atoms with Gasteiger partial charge in [-0.1, -0.05) is 18.2 Å². The van der Waals surface area contributed by atoms with E-state index in [1.165, 1.54) is 18.4 Å². The molecule has 4 nitrogen and oxygen atoms in total. The van der Waals surface area contributed by atoms with E-state index in [2.05, 4.69) is 14.7 Å². The predicted octanol–water partition coefficient (Wildman–Crippen LogP) is 3.14. The third kappa shape index (κ3) is 2.08. The number of ether oxygens (including phenoxy) is 1. The minimum Gasteiger partial charge on any atom is -0.464 e. The van der Waals surface area contributed by atoms with Gasteiger partial charge < -0.3 is 4.74 Å². The molecule has 0 bridgehead atoms. The van der Waals surface area contributed by atoms with Crippen LogP contribution in [0.3, 0.4) is 0 Å². The average molecular weight is 270 g/mol. The van der Waals surface area contributed by atoms with Crippen molar-refractivity contribution >= 4 is 28.2 Å². The van der Waals surface area contributed by atoms with Crippen molar-refractivity contribution in [2.75, 3.05) is 7.11 Å². The Balaban J connectivity index is 2.14. The highest BCUT2D eigenvalue weighted by molar-refractivity contribution is 7.13. The molecule has 1 aromatic carbocycles. The highest BCUT2D eigenvalue weighted by Crippen LogP contribution is 2.29. The van der Waals surface area contributed by atoms with Gasteiger partial charge >= 0.3 is 5.97 Å². The number of para-hydroxylation sites is 1. The molecule has 0 atom stereocenters. The summed E-state index contributed by atoms with van der Waals surface area (Å²) in [6.07, 6.45) is 1.75. The summed E-state index contributed by atoms with van der Waals surface area (Å²) in [6.45, 7) is 0. The molecule has 0 saturated heterocycles. The highest BCUT2D eigenvalue weighted by Gasteiger charge is 2.13. The van der Waals surface area contributed by atoms with E-state index in [1.54, 1.807) is 11.6 Å². The molecule has 0 saturated carbocycles. The SMILES string of the molecule is COC(=O)c1csc(-c2ccnc3ccccc23)n1. The van der Waals surface area contributed by atoms with Crippen LogP contribution in [-0.2, 0) is 4.74 Å². The van der Waals surface area contributed by atoms with Crippen LogP contribution in [-0.4, -0.2) is 23.0 Å². The van der Waals surface area contributed by atoms with Crippen molar-refractivity contribution < 1.29 is 9.53 Å². The van der Waals surface area contributed by atoms with Gasteiger partial charge in [0, 0.05) is 22.5 Å². The van der Waals surface area contributed by atoms with Crippen LogP contribution in [0.15, 0.2) is 41.9 Å². The van der Waals surface area contributed by atoms with Gasteiger partial charge in [0.25, 0.3) is 0 Å².